The second-order valence-corrected chi connectivity index (χ2v) is 4.03. The van der Waals surface area contributed by atoms with E-state index in [2.05, 4.69) is 0 Å². The number of thiophene rings is 1. The summed E-state index contributed by atoms with van der Waals surface area (Å²) in [6.07, 6.45) is 3.45. The highest BCUT2D eigenvalue weighted by molar-refractivity contribution is 7.12. The third kappa shape index (κ3) is 2.64. The molecule has 2 rings (SSSR count). The summed E-state index contributed by atoms with van der Waals surface area (Å²) in [5, 5.41) is 1.91. The largest absolute Gasteiger partial charge is 0.288 e. The van der Waals surface area contributed by atoms with Crippen LogP contribution < -0.4 is 0 Å². The highest BCUT2D eigenvalue weighted by atomic mass is 32.1. The number of hydrogen-bond acceptors (Lipinski definition) is 2. The molecule has 0 saturated carbocycles. The molecule has 0 spiro atoms. The van der Waals surface area contributed by atoms with Gasteiger partial charge in [-0.05, 0) is 23.1 Å². The zero-order chi connectivity index (χ0) is 10.5. The molecule has 0 aliphatic heterocycles. The predicted molar refractivity (Wildman–Crippen MR) is 64.1 cm³/mol. The van der Waals surface area contributed by atoms with Crippen LogP contribution in [0.15, 0.2) is 53.9 Å². The number of rotatable bonds is 3. The maximum atomic E-state index is 11.6. The van der Waals surface area contributed by atoms with E-state index in [0.717, 1.165) is 10.4 Å². The van der Waals surface area contributed by atoms with E-state index in [9.17, 15) is 4.79 Å². The lowest BCUT2D eigenvalue weighted by Crippen LogP contribution is -1.88. The number of benzene rings is 1. The van der Waals surface area contributed by atoms with E-state index in [1.807, 2.05) is 53.9 Å². The Labute approximate surface area is 92.7 Å². The third-order valence-corrected chi connectivity index (χ3v) is 2.88. The molecule has 2 heteroatoms. The van der Waals surface area contributed by atoms with Gasteiger partial charge < -0.3 is 0 Å². The molecule has 0 aliphatic rings. The van der Waals surface area contributed by atoms with Gasteiger partial charge in [-0.3, -0.25) is 4.79 Å². The van der Waals surface area contributed by atoms with Crippen molar-refractivity contribution in [2.24, 2.45) is 0 Å². The van der Waals surface area contributed by atoms with Crippen LogP contribution in [0, 0.1) is 0 Å². The Balaban J connectivity index is 2.10. The molecule has 74 valence electrons. The molecule has 0 aliphatic carbocycles. The van der Waals surface area contributed by atoms with Crippen molar-refractivity contribution in [3.63, 3.8) is 0 Å². The van der Waals surface area contributed by atoms with Crippen molar-refractivity contribution in [2.45, 2.75) is 0 Å². The minimum Gasteiger partial charge on any atom is -0.288 e. The van der Waals surface area contributed by atoms with Gasteiger partial charge in [0, 0.05) is 0 Å². The predicted octanol–water partition coefficient (Wildman–Crippen LogP) is 3.64. The van der Waals surface area contributed by atoms with Crippen molar-refractivity contribution >= 4 is 23.2 Å². The molecule has 0 N–H and O–H groups in total. The summed E-state index contributed by atoms with van der Waals surface area (Å²) in [7, 11) is 0. The first-order valence-corrected chi connectivity index (χ1v) is 5.55. The van der Waals surface area contributed by atoms with Crippen molar-refractivity contribution in [1.29, 1.82) is 0 Å². The minimum atomic E-state index is 0.0638. The number of carbonyl (C=O) groups excluding carboxylic acids is 1. The monoisotopic (exact) mass is 214 g/mol. The van der Waals surface area contributed by atoms with Crippen molar-refractivity contribution in [2.75, 3.05) is 0 Å². The molecule has 1 aromatic carbocycles. The van der Waals surface area contributed by atoms with Crippen molar-refractivity contribution in [3.05, 3.63) is 64.4 Å². The lowest BCUT2D eigenvalue weighted by Gasteiger charge is -1.90. The lowest BCUT2D eigenvalue weighted by molar-refractivity contribution is 0.105. The van der Waals surface area contributed by atoms with Gasteiger partial charge in [-0.2, -0.15) is 0 Å². The summed E-state index contributed by atoms with van der Waals surface area (Å²) in [6, 6.07) is 13.5. The fourth-order valence-corrected chi connectivity index (χ4v) is 1.88. The summed E-state index contributed by atoms with van der Waals surface area (Å²) >= 11 is 1.47. The Kier molecular flexibility index (Phi) is 3.10. The average Bonchev–Trinajstić information content (AvgIpc) is 2.81. The third-order valence-electron chi connectivity index (χ3n) is 1.99. The van der Waals surface area contributed by atoms with Crippen molar-refractivity contribution in [3.8, 4) is 0 Å². The smallest absolute Gasteiger partial charge is 0.195 e. The van der Waals surface area contributed by atoms with Gasteiger partial charge in [0.1, 0.15) is 0 Å². The SMILES string of the molecule is O=C(/C=C/c1ccccc1)c1cccs1. The molecular weight excluding hydrogens is 204 g/mol. The van der Waals surface area contributed by atoms with E-state index < -0.39 is 0 Å². The van der Waals surface area contributed by atoms with Crippen LogP contribution in [0.2, 0.25) is 0 Å². The number of ketones is 1. The number of allylic oxidation sites excluding steroid dienone is 1. The van der Waals surface area contributed by atoms with Gasteiger partial charge in [0.2, 0.25) is 0 Å². The fraction of sp³-hybridized carbons (Fsp3) is 0. The Morgan fingerprint density at radius 1 is 1.07 bits per heavy atom. The molecule has 1 nitrogen and oxygen atoms in total. The van der Waals surface area contributed by atoms with Crippen LogP contribution in [0.1, 0.15) is 15.2 Å². The van der Waals surface area contributed by atoms with Crippen molar-refractivity contribution < 1.29 is 4.79 Å². The average molecular weight is 214 g/mol. The lowest BCUT2D eigenvalue weighted by atomic mass is 10.2. The Bertz CT molecular complexity index is 455. The summed E-state index contributed by atoms with van der Waals surface area (Å²) in [4.78, 5) is 12.4. The summed E-state index contributed by atoms with van der Waals surface area (Å²) in [5.74, 6) is 0.0638. The quantitative estimate of drug-likeness (QED) is 0.563. The van der Waals surface area contributed by atoms with E-state index in [0.29, 0.717) is 0 Å². The van der Waals surface area contributed by atoms with Gasteiger partial charge in [-0.15, -0.1) is 11.3 Å². The number of hydrogen-bond donors (Lipinski definition) is 0. The molecular formula is C13H10OS. The molecule has 0 unspecified atom stereocenters. The summed E-state index contributed by atoms with van der Waals surface area (Å²) in [5.41, 5.74) is 1.04. The first-order valence-electron chi connectivity index (χ1n) is 4.67. The zero-order valence-electron chi connectivity index (χ0n) is 8.09. The molecule has 1 aromatic heterocycles. The van der Waals surface area contributed by atoms with Crippen LogP contribution in [0.25, 0.3) is 6.08 Å². The summed E-state index contributed by atoms with van der Waals surface area (Å²) in [6.45, 7) is 0. The second kappa shape index (κ2) is 4.71. The molecule has 1 heterocycles. The van der Waals surface area contributed by atoms with E-state index in [4.69, 9.17) is 0 Å². The van der Waals surface area contributed by atoms with Crippen LogP contribution in [0.5, 0.6) is 0 Å². The Morgan fingerprint density at radius 3 is 2.53 bits per heavy atom. The topological polar surface area (TPSA) is 17.1 Å². The van der Waals surface area contributed by atoms with Gasteiger partial charge >= 0.3 is 0 Å². The molecule has 0 amide bonds. The van der Waals surface area contributed by atoms with Gasteiger partial charge in [-0.25, -0.2) is 0 Å². The highest BCUT2D eigenvalue weighted by Crippen LogP contribution is 2.11. The van der Waals surface area contributed by atoms with Crippen LogP contribution in [-0.4, -0.2) is 5.78 Å². The molecule has 0 saturated heterocycles. The van der Waals surface area contributed by atoms with E-state index in [1.54, 1.807) is 6.08 Å². The van der Waals surface area contributed by atoms with Crippen LogP contribution in [0.3, 0.4) is 0 Å². The maximum Gasteiger partial charge on any atom is 0.195 e. The van der Waals surface area contributed by atoms with Gasteiger partial charge in [0.15, 0.2) is 5.78 Å². The number of carbonyl (C=O) groups is 1. The van der Waals surface area contributed by atoms with Gasteiger partial charge in [0.25, 0.3) is 0 Å². The standard InChI is InChI=1S/C13H10OS/c14-12(13-7-4-10-15-13)9-8-11-5-2-1-3-6-11/h1-10H/b9-8+. The summed E-state index contributed by atoms with van der Waals surface area (Å²) < 4.78 is 0. The van der Waals surface area contributed by atoms with E-state index in [-0.39, 0.29) is 5.78 Å². The fourth-order valence-electron chi connectivity index (χ4n) is 1.24. The normalized spacial score (nSPS) is 10.7. The van der Waals surface area contributed by atoms with Gasteiger partial charge in [0.05, 0.1) is 4.88 Å². The Hall–Kier alpha value is -1.67. The minimum absolute atomic E-state index is 0.0638. The maximum absolute atomic E-state index is 11.6. The van der Waals surface area contributed by atoms with E-state index in [1.165, 1.54) is 11.3 Å². The molecule has 2 aromatic rings. The molecule has 0 bridgehead atoms. The Morgan fingerprint density at radius 2 is 1.87 bits per heavy atom. The zero-order valence-corrected chi connectivity index (χ0v) is 8.91. The molecule has 15 heavy (non-hydrogen) atoms. The first-order chi connectivity index (χ1) is 7.36. The second-order valence-electron chi connectivity index (χ2n) is 3.09. The van der Waals surface area contributed by atoms with Crippen LogP contribution in [-0.2, 0) is 0 Å². The molecule has 0 atom stereocenters. The highest BCUT2D eigenvalue weighted by Gasteiger charge is 2.00. The molecule has 0 fully saturated rings. The van der Waals surface area contributed by atoms with Gasteiger partial charge in [-0.1, -0.05) is 42.5 Å². The van der Waals surface area contributed by atoms with Crippen LogP contribution in [0.4, 0.5) is 0 Å². The van der Waals surface area contributed by atoms with E-state index >= 15 is 0 Å². The van der Waals surface area contributed by atoms with Crippen LogP contribution >= 0.6 is 11.3 Å². The molecule has 0 radical (unpaired) electrons. The van der Waals surface area contributed by atoms with Crippen molar-refractivity contribution in [1.82, 2.24) is 0 Å². The first kappa shape index (κ1) is 9.87.